The zero-order valence-corrected chi connectivity index (χ0v) is 11.6. The van der Waals surface area contributed by atoms with Gasteiger partial charge in [0.05, 0.1) is 18.1 Å². The summed E-state index contributed by atoms with van der Waals surface area (Å²) < 4.78 is 0. The molecular formula is C15H17N3O2. The fourth-order valence-corrected chi connectivity index (χ4v) is 2.30. The van der Waals surface area contributed by atoms with Gasteiger partial charge >= 0.3 is 0 Å². The van der Waals surface area contributed by atoms with Gasteiger partial charge in [0, 0.05) is 13.1 Å². The topological polar surface area (TPSA) is 73.2 Å². The molecule has 0 bridgehead atoms. The molecule has 20 heavy (non-hydrogen) atoms. The molecule has 2 rings (SSSR count). The quantitative estimate of drug-likeness (QED) is 0.866. The number of hydrogen-bond donors (Lipinski definition) is 1. The summed E-state index contributed by atoms with van der Waals surface area (Å²) in [5.74, 6) is -0.202. The molecule has 1 aromatic carbocycles. The average Bonchev–Trinajstić information content (AvgIpc) is 2.42. The Kier molecular flexibility index (Phi) is 3.75. The van der Waals surface area contributed by atoms with E-state index < -0.39 is 5.54 Å². The monoisotopic (exact) mass is 271 g/mol. The second kappa shape index (κ2) is 5.33. The maximum Gasteiger partial charge on any atom is 0.245 e. The van der Waals surface area contributed by atoms with Crippen LogP contribution in [0.25, 0.3) is 0 Å². The summed E-state index contributed by atoms with van der Waals surface area (Å²) in [5.41, 5.74) is 0.594. The predicted octanol–water partition coefficient (Wildman–Crippen LogP) is 0.838. The zero-order chi connectivity index (χ0) is 14.8. The Morgan fingerprint density at radius 2 is 2.05 bits per heavy atom. The number of piperazine rings is 1. The molecule has 104 valence electrons. The number of nitriles is 1. The van der Waals surface area contributed by atoms with Gasteiger partial charge in [0.25, 0.3) is 0 Å². The van der Waals surface area contributed by atoms with Crippen molar-refractivity contribution in [1.82, 2.24) is 10.2 Å². The molecule has 1 N–H and O–H groups in total. The number of hydrogen-bond acceptors (Lipinski definition) is 3. The number of rotatable bonds is 2. The number of nitrogens with zero attached hydrogens (tertiary/aromatic N) is 2. The van der Waals surface area contributed by atoms with E-state index in [0.717, 1.165) is 5.56 Å². The molecule has 0 saturated carbocycles. The Bertz CT molecular complexity index is 570. The molecule has 1 aliphatic rings. The van der Waals surface area contributed by atoms with Crippen molar-refractivity contribution in [2.24, 2.45) is 0 Å². The minimum Gasteiger partial charge on any atom is -0.352 e. The largest absolute Gasteiger partial charge is 0.352 e. The molecule has 0 aromatic heterocycles. The van der Waals surface area contributed by atoms with Crippen LogP contribution in [-0.2, 0) is 16.0 Å². The van der Waals surface area contributed by atoms with Crippen molar-refractivity contribution in [3.8, 4) is 6.07 Å². The van der Waals surface area contributed by atoms with Crippen LogP contribution in [0.3, 0.4) is 0 Å². The Morgan fingerprint density at radius 3 is 2.65 bits per heavy atom. The maximum absolute atomic E-state index is 12.4. The molecule has 1 fully saturated rings. The highest BCUT2D eigenvalue weighted by Crippen LogP contribution is 2.19. The lowest BCUT2D eigenvalue weighted by Crippen LogP contribution is -2.63. The second-order valence-corrected chi connectivity index (χ2v) is 5.35. The summed E-state index contributed by atoms with van der Waals surface area (Å²) in [5, 5.41) is 11.5. The van der Waals surface area contributed by atoms with Gasteiger partial charge in [-0.3, -0.25) is 9.59 Å². The summed E-state index contributed by atoms with van der Waals surface area (Å²) in [7, 11) is 0. The second-order valence-electron chi connectivity index (χ2n) is 5.35. The first-order valence-electron chi connectivity index (χ1n) is 6.53. The van der Waals surface area contributed by atoms with Crippen molar-refractivity contribution in [3.63, 3.8) is 0 Å². The van der Waals surface area contributed by atoms with E-state index >= 15 is 0 Å². The van der Waals surface area contributed by atoms with Crippen molar-refractivity contribution in [3.05, 3.63) is 35.4 Å². The van der Waals surface area contributed by atoms with E-state index in [9.17, 15) is 9.59 Å². The van der Waals surface area contributed by atoms with Gasteiger partial charge in [0.2, 0.25) is 11.8 Å². The van der Waals surface area contributed by atoms with Crippen LogP contribution in [0.5, 0.6) is 0 Å². The summed E-state index contributed by atoms with van der Waals surface area (Å²) in [4.78, 5) is 25.8. The van der Waals surface area contributed by atoms with Gasteiger partial charge in [-0.05, 0) is 31.5 Å². The van der Waals surface area contributed by atoms with Gasteiger partial charge in [-0.15, -0.1) is 0 Å². The van der Waals surface area contributed by atoms with Gasteiger partial charge < -0.3 is 10.2 Å². The summed E-state index contributed by atoms with van der Waals surface area (Å²) in [6.07, 6.45) is 0.239. The first kappa shape index (κ1) is 14.1. The molecule has 0 spiro atoms. The molecule has 0 aliphatic carbocycles. The molecule has 0 unspecified atom stereocenters. The van der Waals surface area contributed by atoms with Crippen LogP contribution in [-0.4, -0.2) is 35.3 Å². The minimum atomic E-state index is -0.818. The average molecular weight is 271 g/mol. The van der Waals surface area contributed by atoms with Crippen molar-refractivity contribution in [2.75, 3.05) is 13.1 Å². The fraction of sp³-hybridized carbons (Fsp3) is 0.400. The third-order valence-corrected chi connectivity index (χ3v) is 3.59. The minimum absolute atomic E-state index is 0.0745. The highest BCUT2D eigenvalue weighted by Gasteiger charge is 2.40. The molecule has 1 heterocycles. The first-order chi connectivity index (χ1) is 9.45. The molecule has 0 radical (unpaired) electrons. The Labute approximate surface area is 118 Å². The summed E-state index contributed by atoms with van der Waals surface area (Å²) >= 11 is 0. The van der Waals surface area contributed by atoms with Crippen LogP contribution in [0.2, 0.25) is 0 Å². The Morgan fingerprint density at radius 1 is 1.40 bits per heavy atom. The van der Waals surface area contributed by atoms with E-state index in [1.54, 1.807) is 43.0 Å². The number of carbonyl (C=O) groups excluding carboxylic acids is 2. The normalized spacial score (nSPS) is 17.2. The van der Waals surface area contributed by atoms with Crippen molar-refractivity contribution in [1.29, 1.82) is 5.26 Å². The third kappa shape index (κ3) is 2.64. The fourth-order valence-electron chi connectivity index (χ4n) is 2.30. The Hall–Kier alpha value is -2.35. The molecule has 2 amide bonds. The van der Waals surface area contributed by atoms with Gasteiger partial charge in [-0.25, -0.2) is 0 Å². The summed E-state index contributed by atoms with van der Waals surface area (Å²) in [6, 6.07) is 8.97. The molecule has 5 nitrogen and oxygen atoms in total. The predicted molar refractivity (Wildman–Crippen MR) is 73.7 cm³/mol. The highest BCUT2D eigenvalue weighted by atomic mass is 16.2. The number of carbonyl (C=O) groups is 2. The van der Waals surface area contributed by atoms with Crippen LogP contribution in [0.15, 0.2) is 24.3 Å². The molecule has 0 atom stereocenters. The number of nitrogens with one attached hydrogen (secondary N) is 1. The highest BCUT2D eigenvalue weighted by molar-refractivity contribution is 5.92. The van der Waals surface area contributed by atoms with Crippen molar-refractivity contribution in [2.45, 2.75) is 25.8 Å². The van der Waals surface area contributed by atoms with Crippen LogP contribution in [0.4, 0.5) is 0 Å². The van der Waals surface area contributed by atoms with E-state index in [4.69, 9.17) is 5.26 Å². The smallest absolute Gasteiger partial charge is 0.245 e. The lowest BCUT2D eigenvalue weighted by molar-refractivity contribution is -0.148. The lowest BCUT2D eigenvalue weighted by Gasteiger charge is -2.41. The van der Waals surface area contributed by atoms with E-state index in [-0.39, 0.29) is 18.2 Å². The van der Waals surface area contributed by atoms with Gasteiger partial charge in [0.15, 0.2) is 0 Å². The molecular weight excluding hydrogens is 254 g/mol. The molecule has 1 saturated heterocycles. The van der Waals surface area contributed by atoms with Gasteiger partial charge in [0.1, 0.15) is 5.54 Å². The van der Waals surface area contributed by atoms with Crippen molar-refractivity contribution >= 4 is 11.8 Å². The number of benzene rings is 1. The van der Waals surface area contributed by atoms with E-state index in [1.165, 1.54) is 0 Å². The van der Waals surface area contributed by atoms with E-state index in [0.29, 0.717) is 18.7 Å². The van der Waals surface area contributed by atoms with E-state index in [1.807, 2.05) is 6.07 Å². The first-order valence-corrected chi connectivity index (χ1v) is 6.53. The molecule has 5 heteroatoms. The van der Waals surface area contributed by atoms with Gasteiger partial charge in [-0.2, -0.15) is 5.26 Å². The molecule has 1 aliphatic heterocycles. The maximum atomic E-state index is 12.4. The van der Waals surface area contributed by atoms with Gasteiger partial charge in [-0.1, -0.05) is 12.1 Å². The van der Waals surface area contributed by atoms with Crippen LogP contribution in [0.1, 0.15) is 25.0 Å². The van der Waals surface area contributed by atoms with Crippen LogP contribution < -0.4 is 5.32 Å². The standard InChI is InChI=1S/C15H17N3O2/c1-15(2)14(20)17-7-8-18(15)13(19)9-11-3-5-12(10-16)6-4-11/h3-6H,7-9H2,1-2H3,(H,17,20). The SMILES string of the molecule is CC1(C)C(=O)NCCN1C(=O)Cc1ccc(C#N)cc1. The number of amides is 2. The Balaban J connectivity index is 2.11. The zero-order valence-electron chi connectivity index (χ0n) is 11.6. The van der Waals surface area contributed by atoms with E-state index in [2.05, 4.69) is 5.32 Å². The third-order valence-electron chi connectivity index (χ3n) is 3.59. The van der Waals surface area contributed by atoms with Crippen LogP contribution >= 0.6 is 0 Å². The van der Waals surface area contributed by atoms with Crippen molar-refractivity contribution < 1.29 is 9.59 Å². The lowest BCUT2D eigenvalue weighted by atomic mass is 9.97. The molecule has 1 aromatic rings. The van der Waals surface area contributed by atoms with Crippen LogP contribution in [0, 0.1) is 11.3 Å². The summed E-state index contributed by atoms with van der Waals surface area (Å²) in [6.45, 7) is 4.51.